The first-order chi connectivity index (χ1) is 12.3. The van der Waals surface area contributed by atoms with Gasteiger partial charge in [0.2, 0.25) is 10.0 Å². The second kappa shape index (κ2) is 7.11. The Hall–Kier alpha value is -2.97. The molecule has 1 atom stereocenters. The lowest BCUT2D eigenvalue weighted by molar-refractivity contribution is -0.138. The maximum Gasteiger partial charge on any atom is 0.311 e. The van der Waals surface area contributed by atoms with Crippen molar-refractivity contribution in [3.05, 3.63) is 72.4 Å². The molecular weight excluding hydrogens is 356 g/mol. The van der Waals surface area contributed by atoms with E-state index < -0.39 is 21.9 Å². The number of oxazole rings is 1. The largest absolute Gasteiger partial charge is 0.481 e. The molecule has 0 aliphatic carbocycles. The van der Waals surface area contributed by atoms with Gasteiger partial charge in [0.15, 0.2) is 5.89 Å². The Kier molecular flexibility index (Phi) is 4.88. The zero-order chi connectivity index (χ0) is 18.7. The Morgan fingerprint density at radius 3 is 2.12 bits per heavy atom. The molecule has 7 nitrogen and oxygen atoms in total. The number of aromatic nitrogens is 1. The number of carboxylic acids is 1. The molecule has 0 aliphatic rings. The van der Waals surface area contributed by atoms with E-state index in [0.717, 1.165) is 11.1 Å². The first-order valence-electron chi connectivity index (χ1n) is 7.69. The summed E-state index contributed by atoms with van der Waals surface area (Å²) in [6.45, 7) is 0. The molecule has 3 N–H and O–H groups in total. The van der Waals surface area contributed by atoms with Crippen LogP contribution in [0.4, 0.5) is 0 Å². The molecule has 1 unspecified atom stereocenters. The van der Waals surface area contributed by atoms with E-state index in [2.05, 4.69) is 4.98 Å². The van der Waals surface area contributed by atoms with Gasteiger partial charge < -0.3 is 9.52 Å². The van der Waals surface area contributed by atoms with Gasteiger partial charge in [-0.05, 0) is 28.8 Å². The van der Waals surface area contributed by atoms with Gasteiger partial charge in [0, 0.05) is 6.42 Å². The molecule has 1 heterocycles. The zero-order valence-corrected chi connectivity index (χ0v) is 14.4. The monoisotopic (exact) mass is 372 g/mol. The van der Waals surface area contributed by atoms with Crippen molar-refractivity contribution in [1.29, 1.82) is 0 Å². The average Bonchev–Trinajstić information content (AvgIpc) is 3.12. The predicted octanol–water partition coefficient (Wildman–Crippen LogP) is 2.40. The molecule has 0 saturated heterocycles. The number of primary sulfonamides is 1. The fourth-order valence-corrected chi connectivity index (χ4v) is 3.14. The minimum atomic E-state index is -3.73. The fourth-order valence-electron chi connectivity index (χ4n) is 2.62. The third-order valence-corrected chi connectivity index (χ3v) is 4.92. The van der Waals surface area contributed by atoms with E-state index in [1.165, 1.54) is 24.6 Å². The zero-order valence-electron chi connectivity index (χ0n) is 13.6. The van der Waals surface area contributed by atoms with E-state index >= 15 is 0 Å². The molecule has 0 bridgehead atoms. The third-order valence-electron chi connectivity index (χ3n) is 3.99. The van der Waals surface area contributed by atoms with Gasteiger partial charge in [-0.15, -0.1) is 0 Å². The highest BCUT2D eigenvalue weighted by Crippen LogP contribution is 2.26. The average molecular weight is 372 g/mol. The van der Waals surface area contributed by atoms with Gasteiger partial charge in [-0.1, -0.05) is 36.4 Å². The van der Waals surface area contributed by atoms with E-state index in [4.69, 9.17) is 9.56 Å². The number of rotatable bonds is 6. The van der Waals surface area contributed by atoms with Gasteiger partial charge in [-0.25, -0.2) is 18.5 Å². The summed E-state index contributed by atoms with van der Waals surface area (Å²) in [7, 11) is -3.73. The molecule has 26 heavy (non-hydrogen) atoms. The maximum atomic E-state index is 11.6. The van der Waals surface area contributed by atoms with Crippen LogP contribution in [0.15, 0.2) is 70.3 Å². The van der Waals surface area contributed by atoms with Crippen molar-refractivity contribution in [3.63, 3.8) is 0 Å². The molecular formula is C18H16N2O5S. The van der Waals surface area contributed by atoms with Crippen LogP contribution < -0.4 is 5.14 Å². The quantitative estimate of drug-likeness (QED) is 0.685. The van der Waals surface area contributed by atoms with E-state index in [0.29, 0.717) is 11.5 Å². The second-order valence-corrected chi connectivity index (χ2v) is 7.27. The Morgan fingerprint density at radius 2 is 1.65 bits per heavy atom. The summed E-state index contributed by atoms with van der Waals surface area (Å²) in [5.41, 5.74) is 2.25. The molecule has 2 aromatic carbocycles. The van der Waals surface area contributed by atoms with E-state index in [9.17, 15) is 18.3 Å². The molecule has 0 amide bonds. The van der Waals surface area contributed by atoms with Crippen molar-refractivity contribution < 1.29 is 22.7 Å². The first-order valence-corrected chi connectivity index (χ1v) is 9.23. The lowest BCUT2D eigenvalue weighted by atomic mass is 9.93. The normalized spacial score (nSPS) is 12.7. The number of nitrogens with two attached hydrogens (primary N) is 1. The van der Waals surface area contributed by atoms with E-state index in [1.54, 1.807) is 36.4 Å². The van der Waals surface area contributed by atoms with Crippen LogP contribution in [0.1, 0.15) is 17.4 Å². The highest BCUT2D eigenvalue weighted by molar-refractivity contribution is 7.89. The summed E-state index contributed by atoms with van der Waals surface area (Å²) in [6, 6.07) is 13.2. The van der Waals surface area contributed by atoms with Crippen molar-refractivity contribution in [2.45, 2.75) is 17.2 Å². The first kappa shape index (κ1) is 17.8. The van der Waals surface area contributed by atoms with Gasteiger partial charge in [0.1, 0.15) is 6.26 Å². The highest BCUT2D eigenvalue weighted by Gasteiger charge is 2.22. The number of carboxylic acid groups (broad SMARTS) is 1. The summed E-state index contributed by atoms with van der Waals surface area (Å²) in [5.74, 6) is -1.37. The molecule has 0 spiro atoms. The number of nitrogens with zero attached hydrogens (tertiary/aromatic N) is 1. The smallest absolute Gasteiger partial charge is 0.311 e. The summed E-state index contributed by atoms with van der Waals surface area (Å²) >= 11 is 0. The van der Waals surface area contributed by atoms with E-state index in [1.807, 2.05) is 0 Å². The van der Waals surface area contributed by atoms with Crippen LogP contribution in [-0.4, -0.2) is 24.5 Å². The van der Waals surface area contributed by atoms with Crippen molar-refractivity contribution in [1.82, 2.24) is 4.98 Å². The van der Waals surface area contributed by atoms with Crippen molar-refractivity contribution in [3.8, 4) is 11.1 Å². The number of aliphatic carboxylic acids is 1. The second-order valence-electron chi connectivity index (χ2n) is 5.71. The van der Waals surface area contributed by atoms with Gasteiger partial charge in [-0.3, -0.25) is 4.79 Å². The molecule has 0 fully saturated rings. The standard InChI is InChI=1S/C18H16N2O5S/c19-26(23,24)15-7-5-13(6-8-15)12-1-3-14(4-2-12)16(18(21)22)11-17-20-9-10-25-17/h1-10,16H,11H2,(H,21,22)(H2,19,23,24). The van der Waals surface area contributed by atoms with E-state index in [-0.39, 0.29) is 11.3 Å². The molecule has 0 aliphatic heterocycles. The van der Waals surface area contributed by atoms with Gasteiger partial charge in [-0.2, -0.15) is 0 Å². The lowest BCUT2D eigenvalue weighted by Crippen LogP contribution is -2.14. The summed E-state index contributed by atoms with van der Waals surface area (Å²) in [5, 5.41) is 14.6. The van der Waals surface area contributed by atoms with Crippen LogP contribution in [0.3, 0.4) is 0 Å². The van der Waals surface area contributed by atoms with Crippen LogP contribution in [0.25, 0.3) is 11.1 Å². The van der Waals surface area contributed by atoms with Crippen LogP contribution in [-0.2, 0) is 21.2 Å². The highest BCUT2D eigenvalue weighted by atomic mass is 32.2. The summed E-state index contributed by atoms with van der Waals surface area (Å²) in [6.07, 6.45) is 3.04. The Balaban J connectivity index is 1.84. The van der Waals surface area contributed by atoms with Gasteiger partial charge >= 0.3 is 5.97 Å². The van der Waals surface area contributed by atoms with Crippen molar-refractivity contribution in [2.24, 2.45) is 5.14 Å². The Morgan fingerprint density at radius 1 is 1.08 bits per heavy atom. The number of hydrogen-bond donors (Lipinski definition) is 2. The SMILES string of the molecule is NS(=O)(=O)c1ccc(-c2ccc(C(Cc3ncco3)C(=O)O)cc2)cc1. The minimum absolute atomic E-state index is 0.0368. The van der Waals surface area contributed by atoms with Crippen molar-refractivity contribution >= 4 is 16.0 Å². The topological polar surface area (TPSA) is 123 Å². The molecule has 1 aromatic heterocycles. The minimum Gasteiger partial charge on any atom is -0.481 e. The third kappa shape index (κ3) is 3.98. The van der Waals surface area contributed by atoms with Crippen LogP contribution >= 0.6 is 0 Å². The summed E-state index contributed by atoms with van der Waals surface area (Å²) < 4.78 is 27.7. The predicted molar refractivity (Wildman–Crippen MR) is 93.8 cm³/mol. The maximum absolute atomic E-state index is 11.6. The van der Waals surface area contributed by atoms with Crippen LogP contribution in [0.5, 0.6) is 0 Å². The lowest BCUT2D eigenvalue weighted by Gasteiger charge is -2.12. The molecule has 3 rings (SSSR count). The molecule has 0 radical (unpaired) electrons. The Bertz CT molecular complexity index is 995. The molecule has 8 heteroatoms. The number of benzene rings is 2. The van der Waals surface area contributed by atoms with Gasteiger partial charge in [0.25, 0.3) is 0 Å². The Labute approximate surface area is 150 Å². The fraction of sp³-hybridized carbons (Fsp3) is 0.111. The van der Waals surface area contributed by atoms with Gasteiger partial charge in [0.05, 0.1) is 17.0 Å². The van der Waals surface area contributed by atoms with Crippen LogP contribution in [0.2, 0.25) is 0 Å². The van der Waals surface area contributed by atoms with Crippen molar-refractivity contribution in [2.75, 3.05) is 0 Å². The summed E-state index contributed by atoms with van der Waals surface area (Å²) in [4.78, 5) is 15.6. The number of hydrogen-bond acceptors (Lipinski definition) is 5. The van der Waals surface area contributed by atoms with Crippen LogP contribution in [0, 0.1) is 0 Å². The molecule has 134 valence electrons. The number of sulfonamides is 1. The number of carbonyl (C=O) groups is 1. The molecule has 0 saturated carbocycles. The molecule has 3 aromatic rings.